The Bertz CT molecular complexity index is 1670. The fourth-order valence-corrected chi connectivity index (χ4v) is 7.68. The van der Waals surface area contributed by atoms with Crippen LogP contribution in [0.5, 0.6) is 0 Å². The van der Waals surface area contributed by atoms with Crippen LogP contribution in [0.15, 0.2) is 60.9 Å². The van der Waals surface area contributed by atoms with E-state index in [1.165, 1.54) is 0 Å². The van der Waals surface area contributed by atoms with Crippen molar-refractivity contribution in [3.8, 4) is 0 Å². The lowest BCUT2D eigenvalue weighted by molar-refractivity contribution is -0.117. The number of anilines is 2. The summed E-state index contributed by atoms with van der Waals surface area (Å²) in [6, 6.07) is 15.3. The molecular weight excluding hydrogens is 725 g/mol. The SMILES string of the molecule is CCCCN(CCCC)CC(O)c1ccnc2c(NC(=O)CCCCCCCCC(=O)Nc3cccc4c(C(O)CN(CCCC)CCCC)ccnc34)cccc12. The molecule has 0 aliphatic rings. The Kier molecular flexibility index (Phi) is 21.1. The number of nitrogens with zero attached hydrogens (tertiary/aromatic N) is 4. The number of carbonyl (C=O) groups excluding carboxylic acids is 2. The highest BCUT2D eigenvalue weighted by Crippen LogP contribution is 2.30. The van der Waals surface area contributed by atoms with Gasteiger partial charge in [0.15, 0.2) is 0 Å². The number of hydrogen-bond acceptors (Lipinski definition) is 8. The van der Waals surface area contributed by atoms with Gasteiger partial charge < -0.3 is 30.6 Å². The number of fused-ring (bicyclic) bond motifs is 2. The van der Waals surface area contributed by atoms with Crippen LogP contribution in [0.2, 0.25) is 0 Å². The molecule has 10 nitrogen and oxygen atoms in total. The fourth-order valence-electron chi connectivity index (χ4n) is 7.68. The molecule has 2 aromatic heterocycles. The van der Waals surface area contributed by atoms with Crippen LogP contribution in [0.25, 0.3) is 21.8 Å². The monoisotopic (exact) mass is 797 g/mol. The van der Waals surface area contributed by atoms with Gasteiger partial charge in [-0.3, -0.25) is 19.6 Å². The van der Waals surface area contributed by atoms with E-state index < -0.39 is 12.2 Å². The summed E-state index contributed by atoms with van der Waals surface area (Å²) in [7, 11) is 0. The number of rotatable bonds is 29. The molecule has 0 bridgehead atoms. The van der Waals surface area contributed by atoms with Gasteiger partial charge in [-0.2, -0.15) is 0 Å². The van der Waals surface area contributed by atoms with Crippen molar-refractivity contribution >= 4 is 45.0 Å². The smallest absolute Gasteiger partial charge is 0.224 e. The minimum Gasteiger partial charge on any atom is -0.387 e. The van der Waals surface area contributed by atoms with E-state index in [9.17, 15) is 19.8 Å². The van der Waals surface area contributed by atoms with Crippen LogP contribution in [-0.4, -0.2) is 81.1 Å². The van der Waals surface area contributed by atoms with Crippen LogP contribution in [-0.2, 0) is 9.59 Å². The molecule has 0 spiro atoms. The molecule has 0 aliphatic heterocycles. The van der Waals surface area contributed by atoms with Crippen molar-refractivity contribution < 1.29 is 19.8 Å². The third-order valence-electron chi connectivity index (χ3n) is 11.1. The minimum atomic E-state index is -0.637. The number of unbranched alkanes of at least 4 members (excludes halogenated alkanes) is 9. The summed E-state index contributed by atoms with van der Waals surface area (Å²) in [6.07, 6.45) is 17.5. The van der Waals surface area contributed by atoms with E-state index in [2.05, 4.69) is 58.1 Å². The zero-order valence-electron chi connectivity index (χ0n) is 36.0. The van der Waals surface area contributed by atoms with Gasteiger partial charge in [0.1, 0.15) is 0 Å². The second kappa shape index (κ2) is 26.2. The highest BCUT2D eigenvalue weighted by molar-refractivity contribution is 6.02. The lowest BCUT2D eigenvalue weighted by atomic mass is 10.0. The molecule has 2 unspecified atom stereocenters. The molecule has 10 heteroatoms. The van der Waals surface area contributed by atoms with Crippen LogP contribution in [0.1, 0.15) is 154 Å². The summed E-state index contributed by atoms with van der Waals surface area (Å²) in [5.74, 6) is -0.0691. The van der Waals surface area contributed by atoms with Gasteiger partial charge in [0.2, 0.25) is 11.8 Å². The molecule has 58 heavy (non-hydrogen) atoms. The normalized spacial score (nSPS) is 12.8. The van der Waals surface area contributed by atoms with Crippen LogP contribution in [0, 0.1) is 0 Å². The zero-order chi connectivity index (χ0) is 41.5. The Morgan fingerprint density at radius 2 is 0.897 bits per heavy atom. The van der Waals surface area contributed by atoms with E-state index in [0.29, 0.717) is 48.3 Å². The summed E-state index contributed by atoms with van der Waals surface area (Å²) in [5.41, 5.74) is 4.44. The van der Waals surface area contributed by atoms with Crippen LogP contribution < -0.4 is 10.6 Å². The number of benzene rings is 2. The molecule has 0 saturated heterocycles. The maximum Gasteiger partial charge on any atom is 0.224 e. The number of carbonyl (C=O) groups is 2. The predicted molar refractivity (Wildman–Crippen MR) is 240 cm³/mol. The van der Waals surface area contributed by atoms with Gasteiger partial charge in [-0.25, -0.2) is 0 Å². The van der Waals surface area contributed by atoms with E-state index in [-0.39, 0.29) is 11.8 Å². The molecule has 2 amide bonds. The molecule has 0 saturated carbocycles. The number of aliphatic hydroxyl groups excluding tert-OH is 2. The number of nitrogens with one attached hydrogen (secondary N) is 2. The van der Waals surface area contributed by atoms with Gasteiger partial charge >= 0.3 is 0 Å². The zero-order valence-corrected chi connectivity index (χ0v) is 36.0. The van der Waals surface area contributed by atoms with Crippen molar-refractivity contribution in [2.24, 2.45) is 0 Å². The molecule has 2 aromatic carbocycles. The van der Waals surface area contributed by atoms with Crippen molar-refractivity contribution in [3.63, 3.8) is 0 Å². The van der Waals surface area contributed by atoms with Gasteiger partial charge in [0, 0.05) is 49.1 Å². The number of amides is 2. The van der Waals surface area contributed by atoms with Gasteiger partial charge in [-0.05, 0) is 100 Å². The molecule has 0 radical (unpaired) electrons. The Hall–Kier alpha value is -3.96. The second-order valence-corrected chi connectivity index (χ2v) is 16.0. The largest absolute Gasteiger partial charge is 0.387 e. The summed E-state index contributed by atoms with van der Waals surface area (Å²) in [6.45, 7) is 13.8. The van der Waals surface area contributed by atoms with Crippen LogP contribution in [0.3, 0.4) is 0 Å². The predicted octanol–water partition coefficient (Wildman–Crippen LogP) is 10.4. The van der Waals surface area contributed by atoms with Gasteiger partial charge in [-0.1, -0.05) is 103 Å². The molecule has 318 valence electrons. The van der Waals surface area contributed by atoms with E-state index in [1.54, 1.807) is 12.4 Å². The fraction of sp³-hybridized carbons (Fsp3) is 0.583. The van der Waals surface area contributed by atoms with Crippen molar-refractivity contribution in [1.82, 2.24) is 19.8 Å². The Morgan fingerprint density at radius 1 is 0.534 bits per heavy atom. The first-order valence-corrected chi connectivity index (χ1v) is 22.4. The van der Waals surface area contributed by atoms with E-state index >= 15 is 0 Å². The van der Waals surface area contributed by atoms with Gasteiger partial charge in [-0.15, -0.1) is 0 Å². The van der Waals surface area contributed by atoms with E-state index in [1.807, 2.05) is 48.5 Å². The Balaban J connectivity index is 1.18. The average molecular weight is 797 g/mol. The number of aromatic nitrogens is 2. The molecule has 4 N–H and O–H groups in total. The number of aliphatic hydroxyl groups is 2. The van der Waals surface area contributed by atoms with Crippen LogP contribution in [0.4, 0.5) is 11.4 Å². The molecule has 4 aromatic rings. The molecular formula is C48H72N6O4. The first-order chi connectivity index (χ1) is 28.3. The Labute approximate surface area is 348 Å². The summed E-state index contributed by atoms with van der Waals surface area (Å²) < 4.78 is 0. The maximum absolute atomic E-state index is 13.0. The van der Waals surface area contributed by atoms with Gasteiger partial charge in [0.25, 0.3) is 0 Å². The summed E-state index contributed by atoms with van der Waals surface area (Å²) in [4.78, 5) is 39.8. The molecule has 0 fully saturated rings. The van der Waals surface area contributed by atoms with Crippen molar-refractivity contribution in [2.75, 3.05) is 49.9 Å². The topological polar surface area (TPSA) is 131 Å². The van der Waals surface area contributed by atoms with Crippen molar-refractivity contribution in [2.45, 2.75) is 143 Å². The standard InChI is InChI=1S/C48H72N6O4/c1-5-9-31-53(32-10-6-2)35-43(55)37-27-29-49-47-39(37)21-19-23-41(47)51-45(57)25-17-15-13-14-16-18-26-46(58)52-42-24-20-22-40-38(28-30-50-48(40)42)44(56)36-54(33-11-7-3)34-12-8-4/h19-24,27-30,43-44,55-56H,5-18,25-26,31-36H2,1-4H3,(H,51,57)(H,52,58). The maximum atomic E-state index is 13.0. The quantitative estimate of drug-likeness (QED) is 0.0400. The first-order valence-electron chi connectivity index (χ1n) is 22.4. The lowest BCUT2D eigenvalue weighted by Gasteiger charge is -2.25. The molecule has 2 atom stereocenters. The summed E-state index contributed by atoms with van der Waals surface area (Å²) in [5, 5.41) is 30.5. The number of pyridine rings is 2. The lowest BCUT2D eigenvalue weighted by Crippen LogP contribution is -2.30. The van der Waals surface area contributed by atoms with E-state index in [0.717, 1.165) is 138 Å². The molecule has 2 heterocycles. The first kappa shape index (κ1) is 46.7. The van der Waals surface area contributed by atoms with Crippen LogP contribution >= 0.6 is 0 Å². The number of para-hydroxylation sites is 2. The number of hydrogen-bond donors (Lipinski definition) is 4. The summed E-state index contributed by atoms with van der Waals surface area (Å²) >= 11 is 0. The van der Waals surface area contributed by atoms with Crippen molar-refractivity contribution in [1.29, 1.82) is 0 Å². The highest BCUT2D eigenvalue weighted by Gasteiger charge is 2.19. The second-order valence-electron chi connectivity index (χ2n) is 16.0. The van der Waals surface area contributed by atoms with Gasteiger partial charge in [0.05, 0.1) is 34.6 Å². The molecule has 4 rings (SSSR count). The van der Waals surface area contributed by atoms with Crippen molar-refractivity contribution in [3.05, 3.63) is 72.1 Å². The molecule has 0 aliphatic carbocycles. The third-order valence-corrected chi connectivity index (χ3v) is 11.1. The minimum absolute atomic E-state index is 0.0345. The Morgan fingerprint density at radius 3 is 1.26 bits per heavy atom. The third kappa shape index (κ3) is 15.0. The highest BCUT2D eigenvalue weighted by atomic mass is 16.3. The average Bonchev–Trinajstić information content (AvgIpc) is 3.23. The van der Waals surface area contributed by atoms with E-state index in [4.69, 9.17) is 0 Å².